The van der Waals surface area contributed by atoms with E-state index in [1.807, 2.05) is 13.0 Å². The van der Waals surface area contributed by atoms with E-state index in [4.69, 9.17) is 18.9 Å². The molecule has 1 aromatic carbocycles. The molecule has 5 heterocycles. The van der Waals surface area contributed by atoms with E-state index >= 15 is 0 Å². The normalized spacial score (nSPS) is 18.2. The van der Waals surface area contributed by atoms with Crippen molar-refractivity contribution in [2.75, 3.05) is 69.7 Å². The highest BCUT2D eigenvalue weighted by atomic mass is 32.1. The van der Waals surface area contributed by atoms with Gasteiger partial charge in [0.15, 0.2) is 17.9 Å². The molecule has 0 bridgehead atoms. The van der Waals surface area contributed by atoms with Gasteiger partial charge in [-0.05, 0) is 50.1 Å². The number of nitrogens with zero attached hydrogens (tertiary/aromatic N) is 6. The summed E-state index contributed by atoms with van der Waals surface area (Å²) >= 11 is 0. The lowest BCUT2D eigenvalue weighted by Crippen LogP contribution is -2.45. The number of hydrogen-bond donors (Lipinski definition) is 2. The van der Waals surface area contributed by atoms with Crippen LogP contribution in [0.15, 0.2) is 35.1 Å². The van der Waals surface area contributed by atoms with E-state index in [9.17, 15) is 9.90 Å². The monoisotopic (exact) mass is 625 g/mol. The first-order chi connectivity index (χ1) is 20.9. The third kappa shape index (κ3) is 8.07. The Bertz CT molecular complexity index is 1410. The van der Waals surface area contributed by atoms with Gasteiger partial charge < -0.3 is 34.1 Å². The quantitative estimate of drug-likeness (QED) is 0.287. The van der Waals surface area contributed by atoms with Crippen LogP contribution in [0.1, 0.15) is 45.9 Å². The van der Waals surface area contributed by atoms with E-state index in [1.54, 1.807) is 6.07 Å². The third-order valence-corrected chi connectivity index (χ3v) is 8.43. The Balaban J connectivity index is 0.00000384. The number of ketones is 1. The van der Waals surface area contributed by atoms with Crippen LogP contribution in [0.4, 0.5) is 11.8 Å². The first kappa shape index (κ1) is 32.2. The van der Waals surface area contributed by atoms with Crippen LogP contribution < -0.4 is 15.0 Å². The molecule has 13 heteroatoms. The number of aryl methyl sites for hydroxylation is 1. The van der Waals surface area contributed by atoms with E-state index in [1.165, 1.54) is 17.5 Å². The molecule has 3 aliphatic heterocycles. The van der Waals surface area contributed by atoms with E-state index in [2.05, 4.69) is 49.2 Å². The Morgan fingerprint density at radius 1 is 1.14 bits per heavy atom. The van der Waals surface area contributed by atoms with Crippen molar-refractivity contribution in [1.82, 2.24) is 24.8 Å². The molecule has 0 aliphatic carbocycles. The molecule has 2 fully saturated rings. The number of β-amino-alcohol motifs (C(OH)–C–C–N with tert-alkyl or cyclic N) is 1. The van der Waals surface area contributed by atoms with Crippen LogP contribution in [0.5, 0.6) is 5.75 Å². The van der Waals surface area contributed by atoms with Gasteiger partial charge in [-0.2, -0.15) is 18.5 Å². The Morgan fingerprint density at radius 3 is 2.68 bits per heavy atom. The lowest BCUT2D eigenvalue weighted by Gasteiger charge is -2.33. The van der Waals surface area contributed by atoms with Gasteiger partial charge in [0.05, 0.1) is 31.1 Å². The van der Waals surface area contributed by atoms with Crippen molar-refractivity contribution in [2.45, 2.75) is 51.5 Å². The highest BCUT2D eigenvalue weighted by Crippen LogP contribution is 2.25. The van der Waals surface area contributed by atoms with Crippen LogP contribution in [0.3, 0.4) is 0 Å². The fraction of sp³-hybridized carbons (Fsp3) is 0.548. The molecule has 2 N–H and O–H groups in total. The summed E-state index contributed by atoms with van der Waals surface area (Å²) in [5.41, 5.74) is 3.71. The molecular formula is C31H43N7O5S. The predicted molar refractivity (Wildman–Crippen MR) is 171 cm³/mol. The number of rotatable bonds is 12. The number of aliphatic hydroxyl groups excluding tert-OH is 1. The molecule has 3 aliphatic rings. The number of oxazole rings is 1. The number of nitrogens with one attached hydrogen (secondary N) is 1. The highest BCUT2D eigenvalue weighted by Gasteiger charge is 2.24. The molecule has 0 spiro atoms. The molecule has 238 valence electrons. The minimum absolute atomic E-state index is 0. The molecule has 6 rings (SSSR count). The van der Waals surface area contributed by atoms with Crippen molar-refractivity contribution in [2.24, 2.45) is 0 Å². The van der Waals surface area contributed by atoms with E-state index < -0.39 is 6.10 Å². The van der Waals surface area contributed by atoms with Crippen LogP contribution in [0.25, 0.3) is 0 Å². The second-order valence-electron chi connectivity index (χ2n) is 11.8. The van der Waals surface area contributed by atoms with Crippen molar-refractivity contribution in [3.8, 4) is 5.75 Å². The number of hydrogen-bond acceptors (Lipinski definition) is 12. The predicted octanol–water partition coefficient (Wildman–Crippen LogP) is 2.41. The standard InChI is InChI=1S/C31H41N7O5.H2S/c1-21-29(43-20-32-21)19-42-26-5-3-23-15-37(8-7-22(23)13-26)16-25(39)4-6-28(40)27-14-30(33-24-17-41-18-24)35-31(34-27)38-11-9-36(2)10-12-38;/h3,5,13-14,20,24-25,39H,4,6-12,15-19H2,1-2H3,(H,33,34,35);1H2/t25-;/m0./s1. The zero-order chi connectivity index (χ0) is 29.8. The SMILES string of the molecule is Cc1ncoc1COc1ccc2c(c1)CCN(C[C@@H](O)CCC(=O)c1cc(NC3COC3)nc(N3CCN(C)CC3)n1)C2.S. The number of ether oxygens (including phenoxy) is 2. The lowest BCUT2D eigenvalue weighted by atomic mass is 9.98. The van der Waals surface area contributed by atoms with Gasteiger partial charge in [-0.25, -0.2) is 9.97 Å². The second-order valence-corrected chi connectivity index (χ2v) is 11.8. The maximum Gasteiger partial charge on any atom is 0.228 e. The number of carbonyl (C=O) groups is 1. The summed E-state index contributed by atoms with van der Waals surface area (Å²) in [5.74, 6) is 2.68. The van der Waals surface area contributed by atoms with Crippen molar-refractivity contribution in [3.63, 3.8) is 0 Å². The fourth-order valence-electron chi connectivity index (χ4n) is 5.59. The van der Waals surface area contributed by atoms with Gasteiger partial charge in [-0.1, -0.05) is 6.07 Å². The molecule has 2 saturated heterocycles. The summed E-state index contributed by atoms with van der Waals surface area (Å²) in [6.07, 6.45) is 2.30. The van der Waals surface area contributed by atoms with Gasteiger partial charge in [0.2, 0.25) is 5.95 Å². The molecule has 44 heavy (non-hydrogen) atoms. The number of aliphatic hydroxyl groups is 1. The van der Waals surface area contributed by atoms with Crippen molar-refractivity contribution in [3.05, 3.63) is 58.9 Å². The molecule has 0 radical (unpaired) electrons. The zero-order valence-electron chi connectivity index (χ0n) is 25.5. The van der Waals surface area contributed by atoms with Crippen molar-refractivity contribution < 1.29 is 23.8 Å². The number of benzene rings is 1. The number of likely N-dealkylation sites (N-methyl/N-ethyl adjacent to an activating group) is 1. The second kappa shape index (κ2) is 14.7. The first-order valence-corrected chi connectivity index (χ1v) is 15.1. The van der Waals surface area contributed by atoms with E-state index in [0.29, 0.717) is 50.2 Å². The van der Waals surface area contributed by atoms with Crippen LogP contribution in [0.2, 0.25) is 0 Å². The number of aromatic nitrogens is 3. The summed E-state index contributed by atoms with van der Waals surface area (Å²) < 4.78 is 16.6. The van der Waals surface area contributed by atoms with Gasteiger partial charge in [0.1, 0.15) is 23.9 Å². The van der Waals surface area contributed by atoms with Gasteiger partial charge >= 0.3 is 0 Å². The lowest BCUT2D eigenvalue weighted by molar-refractivity contribution is 0.0209. The van der Waals surface area contributed by atoms with Gasteiger partial charge in [0.25, 0.3) is 0 Å². The Kier molecular flexibility index (Phi) is 10.7. The number of carbonyl (C=O) groups excluding carboxylic acids is 1. The van der Waals surface area contributed by atoms with Crippen LogP contribution in [-0.4, -0.2) is 107 Å². The molecule has 0 amide bonds. The minimum atomic E-state index is -0.609. The zero-order valence-corrected chi connectivity index (χ0v) is 26.5. The molecule has 1 atom stereocenters. The number of Topliss-reactive ketones (excluding diaryl/α,β-unsaturated/α-hetero) is 1. The Morgan fingerprint density at radius 2 is 1.95 bits per heavy atom. The Hall–Kier alpha value is -3.23. The van der Waals surface area contributed by atoms with Gasteiger partial charge in [0, 0.05) is 58.3 Å². The summed E-state index contributed by atoms with van der Waals surface area (Å²) in [7, 11) is 2.10. The van der Waals surface area contributed by atoms with Gasteiger partial charge in [-0.3, -0.25) is 9.69 Å². The minimum Gasteiger partial charge on any atom is -0.486 e. The average molecular weight is 626 g/mol. The van der Waals surface area contributed by atoms with Crippen LogP contribution in [-0.2, 0) is 24.3 Å². The summed E-state index contributed by atoms with van der Waals surface area (Å²) in [4.78, 5) is 33.4. The number of anilines is 2. The number of piperazine rings is 1. The third-order valence-electron chi connectivity index (χ3n) is 8.43. The summed E-state index contributed by atoms with van der Waals surface area (Å²) in [6, 6.07) is 8.08. The Labute approximate surface area is 265 Å². The number of fused-ring (bicyclic) bond motifs is 1. The topological polar surface area (TPSA) is 129 Å². The van der Waals surface area contributed by atoms with Crippen LogP contribution >= 0.6 is 13.5 Å². The first-order valence-electron chi connectivity index (χ1n) is 15.1. The summed E-state index contributed by atoms with van der Waals surface area (Å²) in [5, 5.41) is 14.2. The maximum atomic E-state index is 13.3. The van der Waals surface area contributed by atoms with Crippen molar-refractivity contribution >= 4 is 31.0 Å². The smallest absolute Gasteiger partial charge is 0.228 e. The molecule has 3 aromatic rings. The highest BCUT2D eigenvalue weighted by molar-refractivity contribution is 7.59. The van der Waals surface area contributed by atoms with E-state index in [-0.39, 0.29) is 31.7 Å². The molecular weight excluding hydrogens is 582 g/mol. The summed E-state index contributed by atoms with van der Waals surface area (Å²) in [6.45, 7) is 9.08. The fourth-order valence-corrected chi connectivity index (χ4v) is 5.59. The molecule has 0 unspecified atom stereocenters. The van der Waals surface area contributed by atoms with Crippen LogP contribution in [0, 0.1) is 6.92 Å². The van der Waals surface area contributed by atoms with E-state index in [0.717, 1.165) is 62.9 Å². The molecule has 0 saturated carbocycles. The van der Waals surface area contributed by atoms with Crippen molar-refractivity contribution in [1.29, 1.82) is 0 Å². The maximum absolute atomic E-state index is 13.3. The molecule has 12 nitrogen and oxygen atoms in total. The molecule has 2 aromatic heterocycles. The van der Waals surface area contributed by atoms with Gasteiger partial charge in [-0.15, -0.1) is 0 Å². The largest absolute Gasteiger partial charge is 0.486 e. The average Bonchev–Trinajstić information content (AvgIpc) is 3.41.